The average Bonchev–Trinajstić information content (AvgIpc) is 2.42. The number of benzene rings is 2. The Morgan fingerprint density at radius 1 is 0.750 bits per heavy atom. The Morgan fingerprint density at radius 2 is 1.10 bits per heavy atom. The van der Waals surface area contributed by atoms with Crippen LogP contribution in [0.2, 0.25) is 0 Å². The Morgan fingerprint density at radius 3 is 1.45 bits per heavy atom. The van der Waals surface area contributed by atoms with E-state index in [4.69, 9.17) is 0 Å². The largest absolute Gasteiger partial charge is 0.508 e. The van der Waals surface area contributed by atoms with E-state index >= 15 is 0 Å². The molecule has 2 rings (SSSR count). The van der Waals surface area contributed by atoms with E-state index in [0.717, 1.165) is 0 Å². The molecule has 0 saturated heterocycles. The summed E-state index contributed by atoms with van der Waals surface area (Å²) in [5, 5.41) is 38.8. The minimum atomic E-state index is -1.83. The molecule has 0 bridgehead atoms. The van der Waals surface area contributed by atoms with Crippen molar-refractivity contribution < 1.29 is 24.6 Å². The predicted octanol–water partition coefficient (Wildman–Crippen LogP) is 2.29. The highest BCUT2D eigenvalue weighted by Crippen LogP contribution is 2.38. The fraction of sp³-hybridized carbons (Fsp3) is 0.143. The van der Waals surface area contributed by atoms with Crippen LogP contribution in [0.15, 0.2) is 34.1 Å². The molecule has 0 heterocycles. The highest BCUT2D eigenvalue weighted by molar-refractivity contribution is 7.85. The van der Waals surface area contributed by atoms with Crippen LogP contribution in [-0.4, -0.2) is 24.6 Å². The van der Waals surface area contributed by atoms with Crippen LogP contribution in [0.5, 0.6) is 23.0 Å². The Hall–Kier alpha value is -2.21. The summed E-state index contributed by atoms with van der Waals surface area (Å²) in [6.45, 7) is 2.99. The number of phenols is 4. The summed E-state index contributed by atoms with van der Waals surface area (Å²) in [4.78, 5) is 0.168. The molecule has 5 nitrogen and oxygen atoms in total. The molecular formula is C14H14O5S. The third kappa shape index (κ3) is 2.18. The van der Waals surface area contributed by atoms with Gasteiger partial charge in [-0.1, -0.05) is 0 Å². The van der Waals surface area contributed by atoms with E-state index in [0.29, 0.717) is 0 Å². The second-order valence-electron chi connectivity index (χ2n) is 4.38. The highest BCUT2D eigenvalue weighted by atomic mass is 32.2. The summed E-state index contributed by atoms with van der Waals surface area (Å²) >= 11 is 0. The van der Waals surface area contributed by atoms with E-state index in [2.05, 4.69) is 0 Å². The van der Waals surface area contributed by atoms with Crippen LogP contribution in [0.3, 0.4) is 0 Å². The summed E-state index contributed by atoms with van der Waals surface area (Å²) in [6.07, 6.45) is 0. The molecule has 0 aliphatic carbocycles. The zero-order valence-electron chi connectivity index (χ0n) is 10.9. The summed E-state index contributed by atoms with van der Waals surface area (Å²) in [5.41, 5.74) is 0.427. The summed E-state index contributed by atoms with van der Waals surface area (Å²) < 4.78 is 12.4. The minimum Gasteiger partial charge on any atom is -0.508 e. The number of hydrogen-bond donors (Lipinski definition) is 4. The summed E-state index contributed by atoms with van der Waals surface area (Å²) in [7, 11) is -1.83. The lowest BCUT2D eigenvalue weighted by Crippen LogP contribution is -1.96. The Balaban J connectivity index is 2.58. The van der Waals surface area contributed by atoms with E-state index in [1.807, 2.05) is 0 Å². The van der Waals surface area contributed by atoms with E-state index in [1.165, 1.54) is 38.1 Å². The molecule has 0 saturated carbocycles. The zero-order chi connectivity index (χ0) is 15.0. The van der Waals surface area contributed by atoms with Crippen LogP contribution in [-0.2, 0) is 10.8 Å². The van der Waals surface area contributed by atoms with Crippen LogP contribution < -0.4 is 0 Å². The van der Waals surface area contributed by atoms with Crippen LogP contribution in [0.4, 0.5) is 0 Å². The average molecular weight is 294 g/mol. The topological polar surface area (TPSA) is 98.0 Å². The minimum absolute atomic E-state index is 0.0840. The van der Waals surface area contributed by atoms with Gasteiger partial charge in [0.15, 0.2) is 0 Å². The van der Waals surface area contributed by atoms with Crippen LogP contribution in [0.25, 0.3) is 0 Å². The molecule has 20 heavy (non-hydrogen) atoms. The van der Waals surface area contributed by atoms with Crippen molar-refractivity contribution in [1.29, 1.82) is 0 Å². The normalized spacial score (nSPS) is 10.9. The molecule has 6 heteroatoms. The molecule has 0 unspecified atom stereocenters. The van der Waals surface area contributed by atoms with Crippen molar-refractivity contribution in [3.63, 3.8) is 0 Å². The molecule has 0 spiro atoms. The molecule has 0 aliphatic heterocycles. The zero-order valence-corrected chi connectivity index (χ0v) is 11.7. The fourth-order valence-electron chi connectivity index (χ4n) is 1.75. The third-order valence-corrected chi connectivity index (χ3v) is 4.59. The van der Waals surface area contributed by atoms with Gasteiger partial charge in [-0.15, -0.1) is 0 Å². The van der Waals surface area contributed by atoms with Gasteiger partial charge < -0.3 is 20.4 Å². The lowest BCUT2D eigenvalue weighted by atomic mass is 10.2. The van der Waals surface area contributed by atoms with Crippen molar-refractivity contribution >= 4 is 10.8 Å². The van der Waals surface area contributed by atoms with E-state index in [1.54, 1.807) is 0 Å². The van der Waals surface area contributed by atoms with Crippen LogP contribution in [0.1, 0.15) is 11.1 Å². The predicted molar refractivity (Wildman–Crippen MR) is 73.7 cm³/mol. The first-order valence-corrected chi connectivity index (χ1v) is 6.94. The quantitative estimate of drug-likeness (QED) is 0.681. The molecule has 0 radical (unpaired) electrons. The molecule has 0 atom stereocenters. The first-order valence-electron chi connectivity index (χ1n) is 5.79. The van der Waals surface area contributed by atoms with Crippen molar-refractivity contribution in [3.05, 3.63) is 35.4 Å². The lowest BCUT2D eigenvalue weighted by molar-refractivity contribution is 0.431. The van der Waals surface area contributed by atoms with Gasteiger partial charge in [-0.25, -0.2) is 4.21 Å². The summed E-state index contributed by atoms with van der Waals surface area (Å²) in [5.74, 6) is -0.773. The van der Waals surface area contributed by atoms with Gasteiger partial charge >= 0.3 is 0 Å². The maximum Gasteiger partial charge on any atom is 0.138 e. The van der Waals surface area contributed by atoms with Crippen molar-refractivity contribution in [1.82, 2.24) is 0 Å². The molecule has 0 fully saturated rings. The molecule has 106 valence electrons. The smallest absolute Gasteiger partial charge is 0.138 e. The number of phenolic OH excluding ortho intramolecular Hbond substituents is 4. The molecule has 0 aromatic heterocycles. The molecule has 4 N–H and O–H groups in total. The van der Waals surface area contributed by atoms with Gasteiger partial charge in [0.2, 0.25) is 0 Å². The first-order chi connectivity index (χ1) is 9.34. The molecule has 0 aliphatic rings. The second-order valence-corrected chi connectivity index (χ2v) is 5.80. The van der Waals surface area contributed by atoms with Crippen molar-refractivity contribution in [2.45, 2.75) is 23.6 Å². The van der Waals surface area contributed by atoms with Crippen molar-refractivity contribution in [2.75, 3.05) is 0 Å². The summed E-state index contributed by atoms with van der Waals surface area (Å²) in [6, 6.07) is 5.31. The number of rotatable bonds is 2. The Labute approximate surface area is 118 Å². The number of hydrogen-bond acceptors (Lipinski definition) is 5. The van der Waals surface area contributed by atoms with Gasteiger partial charge in [0, 0.05) is 11.1 Å². The standard InChI is InChI=1S/C14H14O5S/c1-7-9(15)3-5-11(13(7)17)20(19)12-6-4-10(16)8(2)14(12)18/h3-6,15-18H,1-2H3. The van der Waals surface area contributed by atoms with Crippen molar-refractivity contribution in [2.24, 2.45) is 0 Å². The SMILES string of the molecule is Cc1c(O)ccc(S(=O)c2ccc(O)c(C)c2O)c1O. The highest BCUT2D eigenvalue weighted by Gasteiger charge is 2.20. The van der Waals surface area contributed by atoms with Gasteiger partial charge in [0.25, 0.3) is 0 Å². The Bertz CT molecular complexity index is 650. The first kappa shape index (κ1) is 14.2. The van der Waals surface area contributed by atoms with Gasteiger partial charge in [0.05, 0.1) is 20.6 Å². The maximum atomic E-state index is 12.4. The van der Waals surface area contributed by atoms with Crippen LogP contribution >= 0.6 is 0 Å². The maximum absolute atomic E-state index is 12.4. The van der Waals surface area contributed by atoms with E-state index in [-0.39, 0.29) is 43.9 Å². The third-order valence-electron chi connectivity index (χ3n) is 3.13. The van der Waals surface area contributed by atoms with Gasteiger partial charge in [0.1, 0.15) is 23.0 Å². The number of aromatic hydroxyl groups is 4. The fourth-order valence-corrected chi connectivity index (χ4v) is 3.02. The van der Waals surface area contributed by atoms with Gasteiger partial charge in [-0.05, 0) is 38.1 Å². The van der Waals surface area contributed by atoms with Gasteiger partial charge in [-0.3, -0.25) is 0 Å². The van der Waals surface area contributed by atoms with E-state index in [9.17, 15) is 24.6 Å². The van der Waals surface area contributed by atoms with Crippen molar-refractivity contribution in [3.8, 4) is 23.0 Å². The monoisotopic (exact) mass is 294 g/mol. The second kappa shape index (κ2) is 5.05. The Kier molecular flexibility index (Phi) is 3.59. The molecule has 2 aromatic rings. The van der Waals surface area contributed by atoms with Crippen LogP contribution in [0, 0.1) is 13.8 Å². The lowest BCUT2D eigenvalue weighted by Gasteiger charge is -2.11. The van der Waals surface area contributed by atoms with E-state index < -0.39 is 10.8 Å². The molecule has 0 amide bonds. The van der Waals surface area contributed by atoms with Gasteiger partial charge in [-0.2, -0.15) is 0 Å². The molecule has 2 aromatic carbocycles. The molecular weight excluding hydrogens is 280 g/mol.